The molecule has 1 unspecified atom stereocenters. The SMILES string of the molecule is CCc1cc(=O)oc2cc(OC(C)C(=O)NCc3n[nH]c(=O)[nH]3)ccc12. The maximum atomic E-state index is 12.1. The van der Waals surface area contributed by atoms with Crippen LogP contribution in [0.4, 0.5) is 0 Å². The number of aryl methyl sites for hydroxylation is 1. The van der Waals surface area contributed by atoms with Crippen LogP contribution in [0.2, 0.25) is 0 Å². The highest BCUT2D eigenvalue weighted by Gasteiger charge is 2.16. The van der Waals surface area contributed by atoms with E-state index in [0.29, 0.717) is 23.6 Å². The Bertz CT molecular complexity index is 1050. The van der Waals surface area contributed by atoms with Gasteiger partial charge in [-0.1, -0.05) is 6.92 Å². The molecule has 1 aromatic carbocycles. The summed E-state index contributed by atoms with van der Waals surface area (Å²) in [7, 11) is 0. The molecule has 0 saturated heterocycles. The van der Waals surface area contributed by atoms with E-state index in [9.17, 15) is 14.4 Å². The van der Waals surface area contributed by atoms with Gasteiger partial charge in [0.1, 0.15) is 17.2 Å². The summed E-state index contributed by atoms with van der Waals surface area (Å²) in [6, 6.07) is 6.57. The van der Waals surface area contributed by atoms with Crippen molar-refractivity contribution in [3.8, 4) is 5.75 Å². The van der Waals surface area contributed by atoms with E-state index in [-0.39, 0.29) is 12.5 Å². The molecule has 2 heterocycles. The number of benzene rings is 1. The number of aromatic nitrogens is 3. The summed E-state index contributed by atoms with van der Waals surface area (Å²) in [6.07, 6.45) is -0.0877. The lowest BCUT2D eigenvalue weighted by Crippen LogP contribution is -2.36. The average Bonchev–Trinajstić information content (AvgIpc) is 3.03. The molecule has 0 aliphatic heterocycles. The van der Waals surface area contributed by atoms with Gasteiger partial charge in [-0.25, -0.2) is 14.7 Å². The normalized spacial score (nSPS) is 12.1. The summed E-state index contributed by atoms with van der Waals surface area (Å²) in [5.41, 5.74) is 0.433. The van der Waals surface area contributed by atoms with Gasteiger partial charge in [-0.2, -0.15) is 5.10 Å². The summed E-state index contributed by atoms with van der Waals surface area (Å²) in [6.45, 7) is 3.61. The van der Waals surface area contributed by atoms with Gasteiger partial charge >= 0.3 is 11.3 Å². The molecule has 0 bridgehead atoms. The second kappa shape index (κ2) is 7.26. The number of nitrogens with zero attached hydrogens (tertiary/aromatic N) is 1. The van der Waals surface area contributed by atoms with Gasteiger partial charge < -0.3 is 14.5 Å². The Labute approximate surface area is 147 Å². The molecule has 0 saturated carbocycles. The van der Waals surface area contributed by atoms with Crippen LogP contribution in [-0.4, -0.2) is 27.2 Å². The first-order valence-electron chi connectivity index (χ1n) is 8.11. The number of amides is 1. The second-order valence-corrected chi connectivity index (χ2v) is 5.70. The molecule has 0 aliphatic carbocycles. The Balaban J connectivity index is 1.70. The Morgan fingerprint density at radius 3 is 2.85 bits per heavy atom. The van der Waals surface area contributed by atoms with E-state index in [1.807, 2.05) is 6.92 Å². The Morgan fingerprint density at radius 2 is 2.15 bits per heavy atom. The third-order valence-electron chi connectivity index (χ3n) is 3.84. The fraction of sp³-hybridized carbons (Fsp3) is 0.294. The first-order valence-corrected chi connectivity index (χ1v) is 8.11. The van der Waals surface area contributed by atoms with Crippen molar-refractivity contribution in [3.63, 3.8) is 0 Å². The van der Waals surface area contributed by atoms with E-state index in [0.717, 1.165) is 10.9 Å². The van der Waals surface area contributed by atoms with Crippen molar-refractivity contribution in [1.29, 1.82) is 0 Å². The molecule has 0 spiro atoms. The smallest absolute Gasteiger partial charge is 0.340 e. The number of fused-ring (bicyclic) bond motifs is 1. The molecule has 1 amide bonds. The molecule has 3 rings (SSSR count). The standard InChI is InChI=1S/C17H18N4O5/c1-3-10-6-15(22)26-13-7-11(4-5-12(10)13)25-9(2)16(23)18-8-14-19-17(24)21-20-14/h4-7,9H,3,8H2,1-2H3,(H,18,23)(H2,19,20,21,24). The molecule has 136 valence electrons. The number of carbonyl (C=O) groups excluding carboxylic acids is 1. The van der Waals surface area contributed by atoms with Crippen LogP contribution in [0.15, 0.2) is 38.3 Å². The molecule has 0 fully saturated rings. The number of H-pyrrole nitrogens is 2. The predicted molar refractivity (Wildman–Crippen MR) is 93.0 cm³/mol. The molecular formula is C17H18N4O5. The lowest BCUT2D eigenvalue weighted by molar-refractivity contribution is -0.127. The van der Waals surface area contributed by atoms with Gasteiger partial charge in [0.2, 0.25) is 0 Å². The number of ether oxygens (including phenoxy) is 1. The van der Waals surface area contributed by atoms with Gasteiger partial charge in [0, 0.05) is 17.5 Å². The highest BCUT2D eigenvalue weighted by atomic mass is 16.5. The highest BCUT2D eigenvalue weighted by molar-refractivity contribution is 5.82. The van der Waals surface area contributed by atoms with Crippen molar-refractivity contribution in [1.82, 2.24) is 20.5 Å². The van der Waals surface area contributed by atoms with E-state index >= 15 is 0 Å². The van der Waals surface area contributed by atoms with Crippen LogP contribution in [0.25, 0.3) is 11.0 Å². The van der Waals surface area contributed by atoms with Crippen molar-refractivity contribution in [3.05, 3.63) is 56.6 Å². The zero-order valence-corrected chi connectivity index (χ0v) is 14.3. The number of aromatic amines is 2. The molecule has 0 aliphatic rings. The first-order chi connectivity index (χ1) is 12.5. The third-order valence-corrected chi connectivity index (χ3v) is 3.84. The zero-order valence-electron chi connectivity index (χ0n) is 14.3. The van der Waals surface area contributed by atoms with Crippen LogP contribution in [0.5, 0.6) is 5.75 Å². The Morgan fingerprint density at radius 1 is 1.35 bits per heavy atom. The van der Waals surface area contributed by atoms with Crippen LogP contribution in [-0.2, 0) is 17.8 Å². The fourth-order valence-corrected chi connectivity index (χ4v) is 2.54. The largest absolute Gasteiger partial charge is 0.481 e. The summed E-state index contributed by atoms with van der Waals surface area (Å²) in [5, 5.41) is 9.35. The molecule has 2 aromatic heterocycles. The first kappa shape index (κ1) is 17.5. The molecule has 1 atom stereocenters. The summed E-state index contributed by atoms with van der Waals surface area (Å²) < 4.78 is 10.8. The number of nitrogens with one attached hydrogen (secondary N) is 3. The van der Waals surface area contributed by atoms with Crippen molar-refractivity contribution in [2.45, 2.75) is 32.9 Å². The second-order valence-electron chi connectivity index (χ2n) is 5.70. The Kier molecular flexibility index (Phi) is 4.87. The predicted octanol–water partition coefficient (Wildman–Crippen LogP) is 0.851. The van der Waals surface area contributed by atoms with Crippen molar-refractivity contribution in [2.75, 3.05) is 0 Å². The van der Waals surface area contributed by atoms with Crippen molar-refractivity contribution < 1.29 is 13.9 Å². The number of rotatable bonds is 6. The topological polar surface area (TPSA) is 130 Å². The molecule has 3 N–H and O–H groups in total. The minimum absolute atomic E-state index is 0.0672. The molecule has 26 heavy (non-hydrogen) atoms. The minimum atomic E-state index is -0.792. The summed E-state index contributed by atoms with van der Waals surface area (Å²) >= 11 is 0. The molecular weight excluding hydrogens is 340 g/mol. The van der Waals surface area contributed by atoms with Crippen LogP contribution >= 0.6 is 0 Å². The van der Waals surface area contributed by atoms with Crippen LogP contribution in [0, 0.1) is 0 Å². The van der Waals surface area contributed by atoms with E-state index in [1.165, 1.54) is 6.07 Å². The average molecular weight is 358 g/mol. The molecule has 0 radical (unpaired) electrons. The van der Waals surface area contributed by atoms with E-state index in [2.05, 4.69) is 20.5 Å². The van der Waals surface area contributed by atoms with Crippen LogP contribution < -0.4 is 21.4 Å². The maximum absolute atomic E-state index is 12.1. The lowest BCUT2D eigenvalue weighted by atomic mass is 10.1. The maximum Gasteiger partial charge on any atom is 0.340 e. The zero-order chi connectivity index (χ0) is 18.7. The van der Waals surface area contributed by atoms with Crippen LogP contribution in [0.1, 0.15) is 25.2 Å². The molecule has 9 nitrogen and oxygen atoms in total. The van der Waals surface area contributed by atoms with E-state index in [4.69, 9.17) is 9.15 Å². The van der Waals surface area contributed by atoms with Gasteiger partial charge in [0.25, 0.3) is 5.91 Å². The summed E-state index contributed by atoms with van der Waals surface area (Å²) in [4.78, 5) is 37.1. The lowest BCUT2D eigenvalue weighted by Gasteiger charge is -2.14. The van der Waals surface area contributed by atoms with Gasteiger partial charge in [-0.15, -0.1) is 0 Å². The number of carbonyl (C=O) groups is 1. The molecule has 3 aromatic rings. The van der Waals surface area contributed by atoms with E-state index in [1.54, 1.807) is 25.1 Å². The van der Waals surface area contributed by atoms with Crippen molar-refractivity contribution >= 4 is 16.9 Å². The highest BCUT2D eigenvalue weighted by Crippen LogP contribution is 2.23. The molecule has 9 heteroatoms. The van der Waals surface area contributed by atoms with Gasteiger partial charge in [-0.3, -0.25) is 9.78 Å². The minimum Gasteiger partial charge on any atom is -0.481 e. The van der Waals surface area contributed by atoms with Gasteiger partial charge in [-0.05, 0) is 31.0 Å². The van der Waals surface area contributed by atoms with Crippen LogP contribution in [0.3, 0.4) is 0 Å². The fourth-order valence-electron chi connectivity index (χ4n) is 2.54. The summed E-state index contributed by atoms with van der Waals surface area (Å²) in [5.74, 6) is 0.345. The third kappa shape index (κ3) is 3.82. The monoisotopic (exact) mass is 358 g/mol. The van der Waals surface area contributed by atoms with Gasteiger partial charge in [0.05, 0.1) is 6.54 Å². The van der Waals surface area contributed by atoms with E-state index < -0.39 is 17.4 Å². The number of hydrogen-bond donors (Lipinski definition) is 3. The number of hydrogen-bond acceptors (Lipinski definition) is 6. The quantitative estimate of drug-likeness (QED) is 0.560. The van der Waals surface area contributed by atoms with Gasteiger partial charge in [0.15, 0.2) is 6.10 Å². The van der Waals surface area contributed by atoms with Crippen molar-refractivity contribution in [2.24, 2.45) is 0 Å². The Hall–Kier alpha value is -3.36.